The van der Waals surface area contributed by atoms with Crippen LogP contribution in [0.25, 0.3) is 0 Å². The lowest BCUT2D eigenvalue weighted by Gasteiger charge is -2.13. The van der Waals surface area contributed by atoms with E-state index in [1.807, 2.05) is 20.8 Å². The van der Waals surface area contributed by atoms with Gasteiger partial charge in [-0.05, 0) is 26.2 Å². The molecule has 7 heteroatoms. The summed E-state index contributed by atoms with van der Waals surface area (Å²) >= 11 is 0. The first-order valence-electron chi connectivity index (χ1n) is 7.06. The van der Waals surface area contributed by atoms with E-state index in [0.29, 0.717) is 24.5 Å². The molecule has 1 unspecified atom stereocenters. The van der Waals surface area contributed by atoms with Crippen molar-refractivity contribution in [1.29, 1.82) is 0 Å². The smallest absolute Gasteiger partial charge is 0.323 e. The van der Waals surface area contributed by atoms with Gasteiger partial charge in [-0.25, -0.2) is 0 Å². The molecule has 0 bridgehead atoms. The van der Waals surface area contributed by atoms with Crippen LogP contribution < -0.4 is 15.4 Å². The minimum atomic E-state index is 0.000593. The second-order valence-corrected chi connectivity index (χ2v) is 5.03. The van der Waals surface area contributed by atoms with Gasteiger partial charge in [0.15, 0.2) is 0 Å². The van der Waals surface area contributed by atoms with Crippen molar-refractivity contribution in [2.75, 3.05) is 30.3 Å². The normalized spacial score (nSPS) is 12.3. The van der Waals surface area contributed by atoms with E-state index in [4.69, 9.17) is 9.84 Å². The van der Waals surface area contributed by atoms with Crippen molar-refractivity contribution >= 4 is 11.9 Å². The summed E-state index contributed by atoms with van der Waals surface area (Å²) in [5.74, 6) is 1.08. The van der Waals surface area contributed by atoms with Crippen LogP contribution in [-0.2, 0) is 0 Å². The number of aliphatic hydroxyl groups is 1. The van der Waals surface area contributed by atoms with Crippen molar-refractivity contribution < 1.29 is 9.84 Å². The highest BCUT2D eigenvalue weighted by molar-refractivity contribution is 5.35. The lowest BCUT2D eigenvalue weighted by atomic mass is 10.2. The van der Waals surface area contributed by atoms with Gasteiger partial charge in [-0.3, -0.25) is 0 Å². The molecule has 0 spiro atoms. The number of rotatable bonds is 9. The van der Waals surface area contributed by atoms with Crippen LogP contribution in [0.2, 0.25) is 0 Å². The minimum absolute atomic E-state index is 0.000593. The zero-order valence-electron chi connectivity index (χ0n) is 12.7. The Labute approximate surface area is 120 Å². The maximum Gasteiger partial charge on any atom is 0.323 e. The molecule has 20 heavy (non-hydrogen) atoms. The number of aliphatic hydroxyl groups excluding tert-OH is 1. The Morgan fingerprint density at radius 2 is 1.75 bits per heavy atom. The molecule has 1 atom stereocenters. The Bertz CT molecular complexity index is 400. The second-order valence-electron chi connectivity index (χ2n) is 5.03. The molecular formula is C13H25N5O2. The van der Waals surface area contributed by atoms with E-state index in [-0.39, 0.29) is 18.6 Å². The van der Waals surface area contributed by atoms with Crippen molar-refractivity contribution in [3.05, 3.63) is 0 Å². The van der Waals surface area contributed by atoms with Crippen molar-refractivity contribution in [2.45, 2.75) is 40.2 Å². The fourth-order valence-electron chi connectivity index (χ4n) is 1.35. The number of aromatic nitrogens is 3. The third-order valence-electron chi connectivity index (χ3n) is 2.41. The third kappa shape index (κ3) is 6.01. The largest absolute Gasteiger partial charge is 0.461 e. The van der Waals surface area contributed by atoms with E-state index in [1.54, 1.807) is 0 Å². The predicted octanol–water partition coefficient (Wildman–Crippen LogP) is 1.52. The summed E-state index contributed by atoms with van der Waals surface area (Å²) in [5.41, 5.74) is 0. The lowest BCUT2D eigenvalue weighted by molar-refractivity contribution is 0.222. The molecule has 0 radical (unpaired) electrons. The summed E-state index contributed by atoms with van der Waals surface area (Å²) in [7, 11) is 0. The Balaban J connectivity index is 2.79. The van der Waals surface area contributed by atoms with Crippen molar-refractivity contribution in [1.82, 2.24) is 15.0 Å². The van der Waals surface area contributed by atoms with Crippen LogP contribution in [0.4, 0.5) is 11.9 Å². The average Bonchev–Trinajstić information content (AvgIpc) is 2.41. The van der Waals surface area contributed by atoms with Crippen LogP contribution in [0, 0.1) is 5.92 Å². The van der Waals surface area contributed by atoms with Crippen molar-refractivity contribution in [2.24, 2.45) is 5.92 Å². The molecule has 1 aromatic rings. The highest BCUT2D eigenvalue weighted by Gasteiger charge is 2.09. The molecule has 0 aromatic carbocycles. The molecule has 7 nitrogen and oxygen atoms in total. The Hall–Kier alpha value is -1.63. The first-order valence-corrected chi connectivity index (χ1v) is 7.06. The SMILES string of the molecule is CCCNc1nc(NCC(C)CO)nc(OC(C)C)n1. The maximum atomic E-state index is 9.03. The van der Waals surface area contributed by atoms with E-state index in [2.05, 4.69) is 32.5 Å². The summed E-state index contributed by atoms with van der Waals surface area (Å²) in [4.78, 5) is 12.7. The molecule has 0 aliphatic rings. The number of nitrogens with one attached hydrogen (secondary N) is 2. The zero-order chi connectivity index (χ0) is 15.0. The summed E-state index contributed by atoms with van der Waals surface area (Å²) in [6.45, 7) is 9.35. The first kappa shape index (κ1) is 16.4. The fourth-order valence-corrected chi connectivity index (χ4v) is 1.35. The van der Waals surface area contributed by atoms with E-state index in [1.165, 1.54) is 0 Å². The minimum Gasteiger partial charge on any atom is -0.461 e. The molecule has 0 amide bonds. The summed E-state index contributed by atoms with van der Waals surface area (Å²) in [5, 5.41) is 15.2. The number of ether oxygens (including phenoxy) is 1. The van der Waals surface area contributed by atoms with Crippen LogP contribution in [0.1, 0.15) is 34.1 Å². The monoisotopic (exact) mass is 283 g/mol. The molecule has 114 valence electrons. The van der Waals surface area contributed by atoms with Gasteiger partial charge >= 0.3 is 6.01 Å². The highest BCUT2D eigenvalue weighted by Crippen LogP contribution is 2.13. The van der Waals surface area contributed by atoms with Gasteiger partial charge in [0.25, 0.3) is 0 Å². The quantitative estimate of drug-likeness (QED) is 0.632. The molecule has 1 rings (SSSR count). The molecule has 0 aliphatic heterocycles. The van der Waals surface area contributed by atoms with Crippen LogP contribution in [-0.4, -0.2) is 45.9 Å². The van der Waals surface area contributed by atoms with Gasteiger partial charge in [-0.15, -0.1) is 0 Å². The molecule has 0 saturated carbocycles. The first-order chi connectivity index (χ1) is 9.55. The molecule has 0 fully saturated rings. The van der Waals surface area contributed by atoms with Crippen molar-refractivity contribution in [3.63, 3.8) is 0 Å². The third-order valence-corrected chi connectivity index (χ3v) is 2.41. The van der Waals surface area contributed by atoms with E-state index >= 15 is 0 Å². The van der Waals surface area contributed by atoms with Crippen LogP contribution in [0.15, 0.2) is 0 Å². The molecule has 0 aliphatic carbocycles. The van der Waals surface area contributed by atoms with Gasteiger partial charge in [0.1, 0.15) is 0 Å². The average molecular weight is 283 g/mol. The summed E-state index contributed by atoms with van der Waals surface area (Å²) < 4.78 is 5.52. The van der Waals surface area contributed by atoms with Gasteiger partial charge in [-0.2, -0.15) is 15.0 Å². The Morgan fingerprint density at radius 1 is 1.10 bits per heavy atom. The highest BCUT2D eigenvalue weighted by atomic mass is 16.5. The number of hydrogen-bond donors (Lipinski definition) is 3. The summed E-state index contributed by atoms with van der Waals surface area (Å²) in [6, 6.07) is 0.299. The maximum absolute atomic E-state index is 9.03. The van der Waals surface area contributed by atoms with Gasteiger partial charge < -0.3 is 20.5 Å². The van der Waals surface area contributed by atoms with E-state index in [0.717, 1.165) is 13.0 Å². The Morgan fingerprint density at radius 3 is 2.30 bits per heavy atom. The van der Waals surface area contributed by atoms with Gasteiger partial charge in [0.2, 0.25) is 11.9 Å². The number of anilines is 2. The summed E-state index contributed by atoms with van der Waals surface area (Å²) in [6.07, 6.45) is 0.983. The van der Waals surface area contributed by atoms with Gasteiger partial charge in [0, 0.05) is 19.7 Å². The number of hydrogen-bond acceptors (Lipinski definition) is 7. The second kappa shape index (κ2) is 8.52. The standard InChI is InChI=1S/C13H25N5O2/c1-5-6-14-11-16-12(15-7-10(4)8-19)18-13(17-11)20-9(2)3/h9-10,19H,5-8H2,1-4H3,(H2,14,15,16,17,18). The molecule has 3 N–H and O–H groups in total. The predicted molar refractivity (Wildman–Crippen MR) is 79.1 cm³/mol. The molecule has 0 saturated heterocycles. The Kier molecular flexibility index (Phi) is 7.00. The van der Waals surface area contributed by atoms with Gasteiger partial charge in [0.05, 0.1) is 6.10 Å². The molecule has 1 heterocycles. The van der Waals surface area contributed by atoms with E-state index in [9.17, 15) is 0 Å². The van der Waals surface area contributed by atoms with Crippen LogP contribution in [0.5, 0.6) is 6.01 Å². The van der Waals surface area contributed by atoms with Crippen LogP contribution in [0.3, 0.4) is 0 Å². The molecular weight excluding hydrogens is 258 g/mol. The van der Waals surface area contributed by atoms with Crippen molar-refractivity contribution in [3.8, 4) is 6.01 Å². The topological polar surface area (TPSA) is 92.2 Å². The zero-order valence-corrected chi connectivity index (χ0v) is 12.7. The fraction of sp³-hybridized carbons (Fsp3) is 0.769. The molecule has 1 aromatic heterocycles. The van der Waals surface area contributed by atoms with Gasteiger partial charge in [-0.1, -0.05) is 13.8 Å². The van der Waals surface area contributed by atoms with E-state index < -0.39 is 0 Å². The number of nitrogens with zero attached hydrogens (tertiary/aromatic N) is 3. The van der Waals surface area contributed by atoms with Crippen LogP contribution >= 0.6 is 0 Å². The lowest BCUT2D eigenvalue weighted by Crippen LogP contribution is -2.18.